The van der Waals surface area contributed by atoms with Crippen molar-refractivity contribution in [3.63, 3.8) is 0 Å². The minimum atomic E-state index is -0.255. The van der Waals surface area contributed by atoms with Crippen LogP contribution in [0.15, 0.2) is 30.3 Å². The molecule has 2 fully saturated rings. The fourth-order valence-corrected chi connectivity index (χ4v) is 3.71. The van der Waals surface area contributed by atoms with Crippen molar-refractivity contribution in [2.45, 2.75) is 38.8 Å². The second kappa shape index (κ2) is 9.03. The van der Waals surface area contributed by atoms with Crippen molar-refractivity contribution < 1.29 is 14.3 Å². The number of hydrogen-bond acceptors (Lipinski definition) is 4. The van der Waals surface area contributed by atoms with Gasteiger partial charge in [0.05, 0.1) is 0 Å². The van der Waals surface area contributed by atoms with E-state index in [2.05, 4.69) is 12.2 Å². The zero-order chi connectivity index (χ0) is 18.4. The van der Waals surface area contributed by atoms with Crippen molar-refractivity contribution in [2.24, 2.45) is 5.92 Å². The standard InChI is InChI=1S/C20H29N3O3/c1-16-14-21-9-12-23(16)19(24)13-17-7-10-22(11-8-17)20(25)26-15-18-5-3-2-4-6-18/h2-6,16-17,21H,7-15H2,1H3. The number of ether oxygens (including phenoxy) is 1. The number of piperazine rings is 1. The normalized spacial score (nSPS) is 21.5. The molecule has 6 heteroatoms. The topological polar surface area (TPSA) is 61.9 Å². The molecule has 0 aromatic heterocycles. The van der Waals surface area contributed by atoms with Crippen molar-refractivity contribution >= 4 is 12.0 Å². The summed E-state index contributed by atoms with van der Waals surface area (Å²) in [6, 6.07) is 9.98. The fourth-order valence-electron chi connectivity index (χ4n) is 3.71. The first-order valence-corrected chi connectivity index (χ1v) is 9.59. The molecular weight excluding hydrogens is 330 g/mol. The highest BCUT2D eigenvalue weighted by Gasteiger charge is 2.29. The zero-order valence-electron chi connectivity index (χ0n) is 15.5. The monoisotopic (exact) mass is 359 g/mol. The molecule has 2 heterocycles. The van der Waals surface area contributed by atoms with E-state index in [0.717, 1.165) is 38.0 Å². The number of nitrogens with one attached hydrogen (secondary N) is 1. The summed E-state index contributed by atoms with van der Waals surface area (Å²) in [5.41, 5.74) is 0.992. The third-order valence-electron chi connectivity index (χ3n) is 5.36. The second-order valence-electron chi connectivity index (χ2n) is 7.32. The third-order valence-corrected chi connectivity index (χ3v) is 5.36. The molecule has 26 heavy (non-hydrogen) atoms. The van der Waals surface area contributed by atoms with E-state index in [1.807, 2.05) is 35.2 Å². The lowest BCUT2D eigenvalue weighted by Gasteiger charge is -2.36. The molecule has 2 aliphatic rings. The predicted octanol–water partition coefficient (Wildman–Crippen LogP) is 2.25. The highest BCUT2D eigenvalue weighted by molar-refractivity contribution is 5.77. The summed E-state index contributed by atoms with van der Waals surface area (Å²) in [4.78, 5) is 28.5. The molecule has 3 rings (SSSR count). The molecule has 1 aromatic rings. The summed E-state index contributed by atoms with van der Waals surface area (Å²) < 4.78 is 5.40. The van der Waals surface area contributed by atoms with E-state index in [0.29, 0.717) is 32.0 Å². The Balaban J connectivity index is 1.39. The van der Waals surface area contributed by atoms with E-state index < -0.39 is 0 Å². The van der Waals surface area contributed by atoms with Crippen LogP contribution < -0.4 is 5.32 Å². The van der Waals surface area contributed by atoms with Crippen LogP contribution in [0.5, 0.6) is 0 Å². The van der Waals surface area contributed by atoms with Gasteiger partial charge in [-0.25, -0.2) is 4.79 Å². The Morgan fingerprint density at radius 1 is 1.15 bits per heavy atom. The largest absolute Gasteiger partial charge is 0.445 e. The van der Waals surface area contributed by atoms with E-state index in [1.165, 1.54) is 0 Å². The van der Waals surface area contributed by atoms with Crippen LogP contribution in [0.4, 0.5) is 4.79 Å². The lowest BCUT2D eigenvalue weighted by molar-refractivity contribution is -0.135. The molecule has 142 valence electrons. The molecule has 2 aliphatic heterocycles. The van der Waals surface area contributed by atoms with Crippen molar-refractivity contribution in [3.8, 4) is 0 Å². The molecule has 1 N–H and O–H groups in total. The van der Waals surface area contributed by atoms with Gasteiger partial charge in [0.2, 0.25) is 5.91 Å². The lowest BCUT2D eigenvalue weighted by atomic mass is 9.93. The first-order valence-electron chi connectivity index (χ1n) is 9.59. The number of nitrogens with zero attached hydrogens (tertiary/aromatic N) is 2. The third kappa shape index (κ3) is 4.97. The number of hydrogen-bond donors (Lipinski definition) is 1. The molecular formula is C20H29N3O3. The summed E-state index contributed by atoms with van der Waals surface area (Å²) >= 11 is 0. The Bertz CT molecular complexity index is 600. The Morgan fingerprint density at radius 2 is 1.88 bits per heavy atom. The maximum atomic E-state index is 12.5. The van der Waals surface area contributed by atoms with Crippen LogP contribution in [-0.2, 0) is 16.1 Å². The summed E-state index contributed by atoms with van der Waals surface area (Å²) in [6.45, 7) is 6.28. The first-order chi connectivity index (χ1) is 12.6. The molecule has 1 atom stereocenters. The van der Waals surface area contributed by atoms with Crippen LogP contribution in [0.25, 0.3) is 0 Å². The van der Waals surface area contributed by atoms with Crippen molar-refractivity contribution in [1.82, 2.24) is 15.1 Å². The molecule has 1 unspecified atom stereocenters. The fraction of sp³-hybridized carbons (Fsp3) is 0.600. The van der Waals surface area contributed by atoms with Gasteiger partial charge in [0.1, 0.15) is 6.61 Å². The SMILES string of the molecule is CC1CNCCN1C(=O)CC1CCN(C(=O)OCc2ccccc2)CC1. The van der Waals surface area contributed by atoms with E-state index >= 15 is 0 Å². The Kier molecular flexibility index (Phi) is 6.50. The predicted molar refractivity (Wildman–Crippen MR) is 99.6 cm³/mol. The van der Waals surface area contributed by atoms with Crippen LogP contribution in [0.1, 0.15) is 31.7 Å². The minimum absolute atomic E-state index is 0.254. The highest BCUT2D eigenvalue weighted by atomic mass is 16.6. The maximum Gasteiger partial charge on any atom is 0.410 e. The van der Waals surface area contributed by atoms with Crippen LogP contribution in [0, 0.1) is 5.92 Å². The van der Waals surface area contributed by atoms with Gasteiger partial charge in [-0.1, -0.05) is 30.3 Å². The number of likely N-dealkylation sites (tertiary alicyclic amines) is 1. The Hall–Kier alpha value is -2.08. The minimum Gasteiger partial charge on any atom is -0.445 e. The van der Waals surface area contributed by atoms with Crippen molar-refractivity contribution in [2.75, 3.05) is 32.7 Å². The average Bonchev–Trinajstić information content (AvgIpc) is 2.68. The average molecular weight is 359 g/mol. The van der Waals surface area contributed by atoms with E-state index in [9.17, 15) is 9.59 Å². The molecule has 0 radical (unpaired) electrons. The second-order valence-corrected chi connectivity index (χ2v) is 7.32. The number of carbonyl (C=O) groups excluding carboxylic acids is 2. The highest BCUT2D eigenvalue weighted by Crippen LogP contribution is 2.23. The van der Waals surface area contributed by atoms with Crippen molar-refractivity contribution in [3.05, 3.63) is 35.9 Å². The molecule has 0 saturated carbocycles. The van der Waals surface area contributed by atoms with Crippen LogP contribution in [0.3, 0.4) is 0 Å². The van der Waals surface area contributed by atoms with Crippen molar-refractivity contribution in [1.29, 1.82) is 0 Å². The van der Waals surface area contributed by atoms with Crippen LogP contribution >= 0.6 is 0 Å². The van der Waals surface area contributed by atoms with Crippen LogP contribution in [-0.4, -0.2) is 60.6 Å². The van der Waals surface area contributed by atoms with Gasteiger partial charge in [-0.2, -0.15) is 0 Å². The summed E-state index contributed by atoms with van der Waals surface area (Å²) in [5, 5.41) is 3.31. The number of piperidine rings is 1. The van der Waals surface area contributed by atoms with Gasteiger partial charge in [0, 0.05) is 45.2 Å². The first kappa shape index (κ1) is 18.7. The lowest BCUT2D eigenvalue weighted by Crippen LogP contribution is -2.52. The quantitative estimate of drug-likeness (QED) is 0.896. The van der Waals surface area contributed by atoms with Crippen LogP contribution in [0.2, 0.25) is 0 Å². The van der Waals surface area contributed by atoms with Gasteiger partial charge in [-0.3, -0.25) is 4.79 Å². The Morgan fingerprint density at radius 3 is 2.58 bits per heavy atom. The Labute approximate surface area is 155 Å². The summed E-state index contributed by atoms with van der Waals surface area (Å²) in [7, 11) is 0. The molecule has 0 spiro atoms. The van der Waals surface area contributed by atoms with Gasteiger partial charge < -0.3 is 19.9 Å². The van der Waals surface area contributed by atoms with Gasteiger partial charge in [0.15, 0.2) is 0 Å². The summed E-state index contributed by atoms with van der Waals surface area (Å²) in [5.74, 6) is 0.617. The number of benzene rings is 1. The maximum absolute atomic E-state index is 12.5. The molecule has 2 amide bonds. The van der Waals surface area contributed by atoms with Gasteiger partial charge in [0.25, 0.3) is 0 Å². The van der Waals surface area contributed by atoms with Gasteiger partial charge in [-0.05, 0) is 31.2 Å². The molecule has 6 nitrogen and oxygen atoms in total. The number of amides is 2. The number of carbonyl (C=O) groups is 2. The van der Waals surface area contributed by atoms with E-state index in [4.69, 9.17) is 4.74 Å². The molecule has 0 aliphatic carbocycles. The summed E-state index contributed by atoms with van der Waals surface area (Å²) in [6.07, 6.45) is 2.07. The van der Waals surface area contributed by atoms with E-state index in [-0.39, 0.29) is 18.0 Å². The zero-order valence-corrected chi connectivity index (χ0v) is 15.5. The van der Waals surface area contributed by atoms with E-state index in [1.54, 1.807) is 4.90 Å². The van der Waals surface area contributed by atoms with Gasteiger partial charge in [-0.15, -0.1) is 0 Å². The molecule has 1 aromatic carbocycles. The smallest absolute Gasteiger partial charge is 0.410 e. The molecule has 0 bridgehead atoms. The molecule has 2 saturated heterocycles. The van der Waals surface area contributed by atoms with Gasteiger partial charge >= 0.3 is 6.09 Å². The number of rotatable bonds is 4.